The van der Waals surface area contributed by atoms with Crippen molar-refractivity contribution in [2.75, 3.05) is 0 Å². The van der Waals surface area contributed by atoms with Gasteiger partial charge in [0.15, 0.2) is 0 Å². The molecule has 0 atom stereocenters. The molecular formula is C16H13BrClN3O3. The molecule has 0 unspecified atom stereocenters. The Labute approximate surface area is 151 Å². The molecule has 2 aromatic rings. The maximum absolute atomic E-state index is 11.9. The Kier molecular flexibility index (Phi) is 6.05. The SMILES string of the molecule is CC(=NNC(=O)Cc1ccc(Br)cc1)c1ccc(Cl)c([N+](=O)[O-])c1. The van der Waals surface area contributed by atoms with Gasteiger partial charge in [-0.2, -0.15) is 5.10 Å². The van der Waals surface area contributed by atoms with E-state index in [9.17, 15) is 14.9 Å². The normalized spacial score (nSPS) is 11.2. The van der Waals surface area contributed by atoms with E-state index in [4.69, 9.17) is 11.6 Å². The summed E-state index contributed by atoms with van der Waals surface area (Å²) < 4.78 is 0.935. The van der Waals surface area contributed by atoms with Gasteiger partial charge in [0, 0.05) is 16.1 Å². The number of amides is 1. The van der Waals surface area contributed by atoms with E-state index in [2.05, 4.69) is 26.5 Å². The first-order chi connectivity index (χ1) is 11.4. The molecule has 1 N–H and O–H groups in total. The van der Waals surface area contributed by atoms with Gasteiger partial charge in [0.05, 0.1) is 17.1 Å². The van der Waals surface area contributed by atoms with Crippen molar-refractivity contribution in [1.29, 1.82) is 0 Å². The lowest BCUT2D eigenvalue weighted by Crippen LogP contribution is -2.21. The van der Waals surface area contributed by atoms with Crippen LogP contribution < -0.4 is 5.43 Å². The van der Waals surface area contributed by atoms with Crippen molar-refractivity contribution in [2.24, 2.45) is 5.10 Å². The summed E-state index contributed by atoms with van der Waals surface area (Å²) in [5, 5.41) is 14.9. The molecule has 0 radical (unpaired) electrons. The zero-order chi connectivity index (χ0) is 17.7. The summed E-state index contributed by atoms with van der Waals surface area (Å²) in [6, 6.07) is 11.7. The lowest BCUT2D eigenvalue weighted by molar-refractivity contribution is -0.384. The Balaban J connectivity index is 2.05. The summed E-state index contributed by atoms with van der Waals surface area (Å²) in [7, 11) is 0. The molecule has 0 spiro atoms. The first-order valence-corrected chi connectivity index (χ1v) is 8.06. The number of nitrogens with zero attached hydrogens (tertiary/aromatic N) is 2. The van der Waals surface area contributed by atoms with E-state index in [1.807, 2.05) is 24.3 Å². The largest absolute Gasteiger partial charge is 0.288 e. The third kappa shape index (κ3) is 4.87. The fraction of sp³-hybridized carbons (Fsp3) is 0.125. The molecule has 0 saturated carbocycles. The van der Waals surface area contributed by atoms with Gasteiger partial charge in [0.25, 0.3) is 5.69 Å². The van der Waals surface area contributed by atoms with Crippen LogP contribution in [-0.2, 0) is 11.2 Å². The van der Waals surface area contributed by atoms with Gasteiger partial charge in [0.1, 0.15) is 5.02 Å². The monoisotopic (exact) mass is 409 g/mol. The number of carbonyl (C=O) groups is 1. The summed E-state index contributed by atoms with van der Waals surface area (Å²) in [5.74, 6) is -0.278. The molecule has 2 aromatic carbocycles. The van der Waals surface area contributed by atoms with Crippen LogP contribution in [0.25, 0.3) is 0 Å². The minimum absolute atomic E-state index is 0.0517. The van der Waals surface area contributed by atoms with Crippen molar-refractivity contribution in [3.63, 3.8) is 0 Å². The van der Waals surface area contributed by atoms with E-state index in [-0.39, 0.29) is 23.0 Å². The van der Waals surface area contributed by atoms with Gasteiger partial charge in [-0.25, -0.2) is 5.43 Å². The molecule has 8 heteroatoms. The number of nitrogens with one attached hydrogen (secondary N) is 1. The molecule has 0 aliphatic carbocycles. The summed E-state index contributed by atoms with van der Waals surface area (Å²) in [4.78, 5) is 22.2. The number of halogens is 2. The fourth-order valence-electron chi connectivity index (χ4n) is 1.92. The number of rotatable bonds is 5. The fourth-order valence-corrected chi connectivity index (χ4v) is 2.37. The Morgan fingerprint density at radius 3 is 2.58 bits per heavy atom. The predicted octanol–water partition coefficient (Wildman–Crippen LogP) is 4.09. The second-order valence-electron chi connectivity index (χ2n) is 4.96. The van der Waals surface area contributed by atoms with E-state index in [1.165, 1.54) is 12.1 Å². The van der Waals surface area contributed by atoms with Crippen LogP contribution in [0.1, 0.15) is 18.1 Å². The number of nitro groups is 1. The standard InChI is InChI=1S/C16H13BrClN3O3/c1-10(12-4-7-14(18)15(9-12)21(23)24)19-20-16(22)8-11-2-5-13(17)6-3-11/h2-7,9H,8H2,1H3,(H,20,22). The van der Waals surface area contributed by atoms with E-state index < -0.39 is 4.92 Å². The minimum atomic E-state index is -0.564. The van der Waals surface area contributed by atoms with Crippen LogP contribution in [0.2, 0.25) is 5.02 Å². The molecule has 0 aliphatic rings. The van der Waals surface area contributed by atoms with Gasteiger partial charge in [-0.15, -0.1) is 0 Å². The van der Waals surface area contributed by atoms with Gasteiger partial charge >= 0.3 is 0 Å². The molecule has 0 aromatic heterocycles. The number of hydrogen-bond acceptors (Lipinski definition) is 4. The average molecular weight is 411 g/mol. The summed E-state index contributed by atoms with van der Waals surface area (Å²) in [5.41, 5.74) is 4.04. The predicted molar refractivity (Wildman–Crippen MR) is 96.3 cm³/mol. The van der Waals surface area contributed by atoms with E-state index in [0.29, 0.717) is 11.3 Å². The lowest BCUT2D eigenvalue weighted by Gasteiger charge is -2.04. The third-order valence-electron chi connectivity index (χ3n) is 3.19. The van der Waals surface area contributed by atoms with Crippen LogP contribution in [0.4, 0.5) is 5.69 Å². The highest BCUT2D eigenvalue weighted by Gasteiger charge is 2.14. The number of hydrazone groups is 1. The van der Waals surface area contributed by atoms with Crippen molar-refractivity contribution in [1.82, 2.24) is 5.43 Å². The smallest absolute Gasteiger partial charge is 0.273 e. The van der Waals surface area contributed by atoms with Crippen molar-refractivity contribution in [2.45, 2.75) is 13.3 Å². The molecular weight excluding hydrogens is 398 g/mol. The number of hydrogen-bond donors (Lipinski definition) is 1. The quantitative estimate of drug-likeness (QED) is 0.457. The Hall–Kier alpha value is -2.25. The van der Waals surface area contributed by atoms with Crippen molar-refractivity contribution < 1.29 is 9.72 Å². The molecule has 0 aliphatic heterocycles. The van der Waals surface area contributed by atoms with Crippen LogP contribution in [0.5, 0.6) is 0 Å². The Bertz CT molecular complexity index is 807. The molecule has 24 heavy (non-hydrogen) atoms. The van der Waals surface area contributed by atoms with Crippen LogP contribution in [0, 0.1) is 10.1 Å². The minimum Gasteiger partial charge on any atom is -0.273 e. The van der Waals surface area contributed by atoms with Crippen LogP contribution in [0.3, 0.4) is 0 Å². The zero-order valence-electron chi connectivity index (χ0n) is 12.6. The first kappa shape index (κ1) is 18.1. The van der Waals surface area contributed by atoms with E-state index in [0.717, 1.165) is 10.0 Å². The molecule has 0 saturated heterocycles. The Morgan fingerprint density at radius 1 is 1.29 bits per heavy atom. The van der Waals surface area contributed by atoms with Gasteiger partial charge < -0.3 is 0 Å². The van der Waals surface area contributed by atoms with Crippen molar-refractivity contribution in [3.8, 4) is 0 Å². The van der Waals surface area contributed by atoms with E-state index in [1.54, 1.807) is 13.0 Å². The van der Waals surface area contributed by atoms with Crippen LogP contribution in [-0.4, -0.2) is 16.5 Å². The van der Waals surface area contributed by atoms with E-state index >= 15 is 0 Å². The maximum Gasteiger partial charge on any atom is 0.288 e. The highest BCUT2D eigenvalue weighted by molar-refractivity contribution is 9.10. The van der Waals surface area contributed by atoms with Crippen molar-refractivity contribution >= 4 is 44.8 Å². The molecule has 0 fully saturated rings. The topological polar surface area (TPSA) is 84.6 Å². The number of benzene rings is 2. The average Bonchev–Trinajstić information content (AvgIpc) is 2.55. The zero-order valence-corrected chi connectivity index (χ0v) is 15.0. The molecule has 6 nitrogen and oxygen atoms in total. The third-order valence-corrected chi connectivity index (χ3v) is 4.04. The van der Waals surface area contributed by atoms with Crippen molar-refractivity contribution in [3.05, 3.63) is 73.2 Å². The first-order valence-electron chi connectivity index (χ1n) is 6.88. The second kappa shape index (κ2) is 8.03. The van der Waals surface area contributed by atoms with Gasteiger partial charge in [-0.3, -0.25) is 14.9 Å². The number of nitro benzene ring substituents is 1. The van der Waals surface area contributed by atoms with Gasteiger partial charge in [-0.1, -0.05) is 45.7 Å². The highest BCUT2D eigenvalue weighted by atomic mass is 79.9. The molecule has 2 rings (SSSR count). The Morgan fingerprint density at radius 2 is 1.96 bits per heavy atom. The van der Waals surface area contributed by atoms with Crippen LogP contribution >= 0.6 is 27.5 Å². The molecule has 0 heterocycles. The van der Waals surface area contributed by atoms with Gasteiger partial charge in [-0.05, 0) is 30.7 Å². The summed E-state index contributed by atoms with van der Waals surface area (Å²) in [6.07, 6.45) is 0.185. The number of carbonyl (C=O) groups excluding carboxylic acids is 1. The molecule has 0 bridgehead atoms. The molecule has 1 amide bonds. The molecule has 124 valence electrons. The highest BCUT2D eigenvalue weighted by Crippen LogP contribution is 2.25. The van der Waals surface area contributed by atoms with Gasteiger partial charge in [0.2, 0.25) is 5.91 Å². The lowest BCUT2D eigenvalue weighted by atomic mass is 10.1. The van der Waals surface area contributed by atoms with Crippen LogP contribution in [0.15, 0.2) is 52.0 Å². The summed E-state index contributed by atoms with van der Waals surface area (Å²) in [6.45, 7) is 1.65. The maximum atomic E-state index is 11.9. The summed E-state index contributed by atoms with van der Waals surface area (Å²) >= 11 is 9.10. The second-order valence-corrected chi connectivity index (χ2v) is 6.28.